The van der Waals surface area contributed by atoms with Crippen LogP contribution in [-0.2, 0) is 11.3 Å². The average molecular weight is 405 g/mol. The third-order valence-corrected chi connectivity index (χ3v) is 4.84. The van der Waals surface area contributed by atoms with Crippen LogP contribution in [-0.4, -0.2) is 30.0 Å². The fourth-order valence-corrected chi connectivity index (χ4v) is 3.24. The molecule has 2 amide bonds. The van der Waals surface area contributed by atoms with E-state index in [1.807, 2.05) is 37.4 Å². The van der Waals surface area contributed by atoms with Gasteiger partial charge in [-0.15, -0.1) is 0 Å². The van der Waals surface area contributed by atoms with Gasteiger partial charge in [-0.1, -0.05) is 25.1 Å². The molecule has 0 aliphatic carbocycles. The first-order chi connectivity index (χ1) is 14.6. The minimum absolute atomic E-state index is 0.211. The molecule has 3 aromatic rings. The highest BCUT2D eigenvalue weighted by atomic mass is 16.5. The normalized spacial score (nSPS) is 11.4. The van der Waals surface area contributed by atoms with Crippen molar-refractivity contribution in [3.05, 3.63) is 71.6 Å². The lowest BCUT2D eigenvalue weighted by Gasteiger charge is -2.11. The van der Waals surface area contributed by atoms with E-state index in [1.165, 1.54) is 0 Å². The lowest BCUT2D eigenvalue weighted by molar-refractivity contribution is -0.117. The quantitative estimate of drug-likeness (QED) is 0.557. The van der Waals surface area contributed by atoms with Crippen LogP contribution in [0.15, 0.2) is 60.4 Å². The molecule has 0 radical (unpaired) electrons. The lowest BCUT2D eigenvalue weighted by Crippen LogP contribution is -2.35. The van der Waals surface area contributed by atoms with Crippen molar-refractivity contribution in [2.24, 2.45) is 0 Å². The summed E-state index contributed by atoms with van der Waals surface area (Å²) in [5.41, 5.74) is 2.62. The highest BCUT2D eigenvalue weighted by Gasteiger charge is 2.16. The first-order valence-electron chi connectivity index (χ1n) is 10.1. The highest BCUT2D eigenvalue weighted by molar-refractivity contribution is 6.06. The van der Waals surface area contributed by atoms with E-state index >= 15 is 0 Å². The Hall–Kier alpha value is -3.54. The second-order valence-corrected chi connectivity index (χ2v) is 6.88. The van der Waals surface area contributed by atoms with Crippen LogP contribution in [0.25, 0.3) is 17.0 Å². The molecule has 2 aromatic carbocycles. The van der Waals surface area contributed by atoms with Gasteiger partial charge in [-0.2, -0.15) is 0 Å². The number of aromatic nitrogens is 1. The molecule has 0 bridgehead atoms. The van der Waals surface area contributed by atoms with E-state index < -0.39 is 0 Å². The molecular formula is C24H27N3O3. The number of para-hydroxylation sites is 1. The summed E-state index contributed by atoms with van der Waals surface area (Å²) in [5.74, 6) is -0.00259. The first kappa shape index (κ1) is 21.2. The van der Waals surface area contributed by atoms with Crippen molar-refractivity contribution in [2.75, 3.05) is 13.7 Å². The second kappa shape index (κ2) is 9.78. The average Bonchev–Trinajstić information content (AvgIpc) is 3.14. The summed E-state index contributed by atoms with van der Waals surface area (Å²) in [6.45, 7) is 5.39. The van der Waals surface area contributed by atoms with Crippen molar-refractivity contribution < 1.29 is 14.3 Å². The van der Waals surface area contributed by atoms with Crippen molar-refractivity contribution in [1.29, 1.82) is 0 Å². The van der Waals surface area contributed by atoms with Crippen molar-refractivity contribution in [1.82, 2.24) is 15.2 Å². The summed E-state index contributed by atoms with van der Waals surface area (Å²) in [6.07, 6.45) is 4.54. The van der Waals surface area contributed by atoms with E-state index in [0.717, 1.165) is 29.4 Å². The van der Waals surface area contributed by atoms with E-state index in [4.69, 9.17) is 4.74 Å². The van der Waals surface area contributed by atoms with Gasteiger partial charge in [0, 0.05) is 41.3 Å². The molecule has 0 aliphatic rings. The fourth-order valence-electron chi connectivity index (χ4n) is 3.24. The molecule has 2 N–H and O–H groups in total. The molecule has 0 saturated heterocycles. The number of carbonyl (C=O) groups is 2. The molecule has 0 unspecified atom stereocenters. The number of benzene rings is 2. The monoisotopic (exact) mass is 405 g/mol. The third kappa shape index (κ3) is 4.71. The number of carbonyl (C=O) groups excluding carboxylic acids is 2. The molecule has 6 nitrogen and oxygen atoms in total. The molecule has 0 atom stereocenters. The molecule has 1 aromatic heterocycles. The van der Waals surface area contributed by atoms with E-state index in [-0.39, 0.29) is 17.5 Å². The summed E-state index contributed by atoms with van der Waals surface area (Å²) in [5, 5.41) is 6.65. The zero-order valence-corrected chi connectivity index (χ0v) is 17.6. The molecule has 1 heterocycles. The first-order valence-corrected chi connectivity index (χ1v) is 10.1. The third-order valence-electron chi connectivity index (χ3n) is 4.84. The number of ether oxygens (including phenoxy) is 1. The van der Waals surface area contributed by atoms with E-state index in [1.54, 1.807) is 37.5 Å². The summed E-state index contributed by atoms with van der Waals surface area (Å²) in [4.78, 5) is 25.5. The Labute approximate surface area is 176 Å². The van der Waals surface area contributed by atoms with Gasteiger partial charge >= 0.3 is 0 Å². The number of aryl methyl sites for hydroxylation is 1. The van der Waals surface area contributed by atoms with Gasteiger partial charge in [0.05, 0.1) is 7.11 Å². The van der Waals surface area contributed by atoms with Gasteiger partial charge in [0.2, 0.25) is 0 Å². The Morgan fingerprint density at radius 1 is 1.07 bits per heavy atom. The molecule has 156 valence electrons. The summed E-state index contributed by atoms with van der Waals surface area (Å²) in [7, 11) is 1.57. The maximum atomic E-state index is 12.8. The Kier molecular flexibility index (Phi) is 6.91. The predicted octanol–water partition coefficient (Wildman–Crippen LogP) is 3.97. The molecule has 0 fully saturated rings. The Morgan fingerprint density at radius 2 is 1.80 bits per heavy atom. The van der Waals surface area contributed by atoms with Crippen LogP contribution < -0.4 is 15.4 Å². The highest BCUT2D eigenvalue weighted by Crippen LogP contribution is 2.23. The van der Waals surface area contributed by atoms with Crippen LogP contribution in [0.1, 0.15) is 36.2 Å². The van der Waals surface area contributed by atoms with Gasteiger partial charge in [-0.05, 0) is 49.8 Å². The maximum Gasteiger partial charge on any atom is 0.267 e. The van der Waals surface area contributed by atoms with E-state index in [0.29, 0.717) is 17.9 Å². The SMILES string of the molecule is CCCNC(=O)C(=Cc1cn(CC)c2ccccc12)NC(=O)c1ccc(OC)cc1. The molecule has 0 aliphatic heterocycles. The zero-order valence-electron chi connectivity index (χ0n) is 17.6. The smallest absolute Gasteiger partial charge is 0.267 e. The Balaban J connectivity index is 1.96. The number of fused-ring (bicyclic) bond motifs is 1. The fraction of sp³-hybridized carbons (Fsp3) is 0.250. The predicted molar refractivity (Wildman–Crippen MR) is 119 cm³/mol. The number of methoxy groups -OCH3 is 1. The summed E-state index contributed by atoms with van der Waals surface area (Å²) in [6, 6.07) is 14.8. The van der Waals surface area contributed by atoms with Crippen LogP contribution in [0.3, 0.4) is 0 Å². The molecular weight excluding hydrogens is 378 g/mol. The van der Waals surface area contributed by atoms with Crippen molar-refractivity contribution in [2.45, 2.75) is 26.8 Å². The molecule has 3 rings (SSSR count). The number of rotatable bonds is 8. The molecule has 30 heavy (non-hydrogen) atoms. The minimum atomic E-state index is -0.352. The number of nitrogens with one attached hydrogen (secondary N) is 2. The summed E-state index contributed by atoms with van der Waals surface area (Å²) >= 11 is 0. The topological polar surface area (TPSA) is 72.4 Å². The van der Waals surface area contributed by atoms with Crippen LogP contribution in [0.4, 0.5) is 0 Å². The molecule has 0 spiro atoms. The standard InChI is InChI=1S/C24H27N3O3/c1-4-14-25-24(29)21(26-23(28)17-10-12-19(30-3)13-11-17)15-18-16-27(5-2)22-9-7-6-8-20(18)22/h6-13,15-16H,4-5,14H2,1-3H3,(H,25,29)(H,26,28). The van der Waals surface area contributed by atoms with Gasteiger partial charge in [-0.3, -0.25) is 9.59 Å². The number of amides is 2. The van der Waals surface area contributed by atoms with Gasteiger partial charge in [0.1, 0.15) is 11.4 Å². The van der Waals surface area contributed by atoms with Gasteiger partial charge < -0.3 is 19.9 Å². The van der Waals surface area contributed by atoms with E-state index in [2.05, 4.69) is 22.1 Å². The van der Waals surface area contributed by atoms with Crippen molar-refractivity contribution >= 4 is 28.8 Å². The number of hydrogen-bond acceptors (Lipinski definition) is 3. The molecule has 6 heteroatoms. The maximum absolute atomic E-state index is 12.8. The van der Waals surface area contributed by atoms with Crippen molar-refractivity contribution in [3.8, 4) is 5.75 Å². The van der Waals surface area contributed by atoms with Crippen molar-refractivity contribution in [3.63, 3.8) is 0 Å². The largest absolute Gasteiger partial charge is 0.497 e. The number of nitrogens with zero attached hydrogens (tertiary/aromatic N) is 1. The summed E-state index contributed by atoms with van der Waals surface area (Å²) < 4.78 is 7.25. The van der Waals surface area contributed by atoms with Gasteiger partial charge in [-0.25, -0.2) is 0 Å². The Morgan fingerprint density at radius 3 is 2.47 bits per heavy atom. The van der Waals surface area contributed by atoms with Crippen LogP contribution >= 0.6 is 0 Å². The second-order valence-electron chi connectivity index (χ2n) is 6.88. The minimum Gasteiger partial charge on any atom is -0.497 e. The van der Waals surface area contributed by atoms with Gasteiger partial charge in [0.15, 0.2) is 0 Å². The van der Waals surface area contributed by atoms with Gasteiger partial charge in [0.25, 0.3) is 11.8 Å². The lowest BCUT2D eigenvalue weighted by atomic mass is 10.1. The number of hydrogen-bond donors (Lipinski definition) is 2. The Bertz CT molecular complexity index is 1060. The zero-order chi connectivity index (χ0) is 21.5. The van der Waals surface area contributed by atoms with Crippen LogP contribution in [0, 0.1) is 0 Å². The molecule has 0 saturated carbocycles. The van der Waals surface area contributed by atoms with E-state index in [9.17, 15) is 9.59 Å². The van der Waals surface area contributed by atoms with Crippen LogP contribution in [0.5, 0.6) is 5.75 Å². The van der Waals surface area contributed by atoms with Crippen LogP contribution in [0.2, 0.25) is 0 Å².